The molecule has 1 aliphatic rings. The quantitative estimate of drug-likeness (QED) is 0.406. The standard InChI is InChI=1S/C21H17BrF2N4O2S/c22-12-3-6-17-15(9-12)20(31(29,30)28-7-1-2-8-28)19(26-17)21-25-11-18(27-21)14-5-4-13(23)10-16(14)24/h3-6,9-11,26H,1-2,7-8H2,(H,25,27). The summed E-state index contributed by atoms with van der Waals surface area (Å²) in [5, 5.41) is 0.544. The van der Waals surface area contributed by atoms with Crippen molar-refractivity contribution in [2.24, 2.45) is 0 Å². The first kappa shape index (κ1) is 20.3. The maximum atomic E-state index is 14.2. The van der Waals surface area contributed by atoms with Gasteiger partial charge in [0.25, 0.3) is 0 Å². The van der Waals surface area contributed by atoms with Gasteiger partial charge in [0, 0.05) is 46.3 Å². The summed E-state index contributed by atoms with van der Waals surface area (Å²) in [6, 6.07) is 8.59. The Morgan fingerprint density at radius 3 is 2.58 bits per heavy atom. The van der Waals surface area contributed by atoms with Gasteiger partial charge in [-0.2, -0.15) is 4.31 Å². The molecule has 3 heterocycles. The van der Waals surface area contributed by atoms with Crippen LogP contribution >= 0.6 is 15.9 Å². The maximum Gasteiger partial charge on any atom is 0.245 e. The molecule has 0 bridgehead atoms. The first-order valence-electron chi connectivity index (χ1n) is 9.67. The minimum atomic E-state index is -3.79. The smallest absolute Gasteiger partial charge is 0.245 e. The minimum absolute atomic E-state index is 0.117. The molecule has 1 aliphatic heterocycles. The summed E-state index contributed by atoms with van der Waals surface area (Å²) in [6.07, 6.45) is 3.10. The molecule has 0 amide bonds. The number of halogens is 3. The molecule has 1 fully saturated rings. The molecule has 10 heteroatoms. The third-order valence-electron chi connectivity index (χ3n) is 5.40. The van der Waals surface area contributed by atoms with Gasteiger partial charge in [0.05, 0.1) is 5.69 Å². The number of rotatable bonds is 4. The van der Waals surface area contributed by atoms with Gasteiger partial charge >= 0.3 is 0 Å². The number of nitrogens with one attached hydrogen (secondary N) is 2. The van der Waals surface area contributed by atoms with Crippen molar-refractivity contribution >= 4 is 36.9 Å². The van der Waals surface area contributed by atoms with Crippen molar-refractivity contribution in [2.45, 2.75) is 17.7 Å². The number of nitrogens with zero attached hydrogens (tertiary/aromatic N) is 2. The van der Waals surface area contributed by atoms with Crippen LogP contribution in [0.2, 0.25) is 0 Å². The van der Waals surface area contributed by atoms with Crippen molar-refractivity contribution in [3.8, 4) is 22.8 Å². The number of sulfonamides is 1. The number of fused-ring (bicyclic) bond motifs is 1. The summed E-state index contributed by atoms with van der Waals surface area (Å²) in [5.74, 6) is -1.18. The monoisotopic (exact) mass is 506 g/mol. The second-order valence-corrected chi connectivity index (χ2v) is 10.2. The van der Waals surface area contributed by atoms with Gasteiger partial charge in [0.15, 0.2) is 5.82 Å². The van der Waals surface area contributed by atoms with E-state index in [0.717, 1.165) is 29.4 Å². The summed E-state index contributed by atoms with van der Waals surface area (Å²) in [6.45, 7) is 0.930. The van der Waals surface area contributed by atoms with Gasteiger partial charge in [-0.1, -0.05) is 15.9 Å². The molecule has 2 aromatic heterocycles. The van der Waals surface area contributed by atoms with Gasteiger partial charge in [-0.05, 0) is 43.2 Å². The van der Waals surface area contributed by atoms with Crippen molar-refractivity contribution in [3.63, 3.8) is 0 Å². The zero-order valence-corrected chi connectivity index (χ0v) is 18.5. The van der Waals surface area contributed by atoms with E-state index < -0.39 is 21.7 Å². The van der Waals surface area contributed by atoms with Crippen LogP contribution < -0.4 is 0 Å². The fourth-order valence-electron chi connectivity index (χ4n) is 3.92. The highest BCUT2D eigenvalue weighted by molar-refractivity contribution is 9.10. The maximum absolute atomic E-state index is 14.2. The lowest BCUT2D eigenvalue weighted by molar-refractivity contribution is 0.478. The second-order valence-electron chi connectivity index (χ2n) is 7.39. The number of imidazole rings is 1. The van der Waals surface area contributed by atoms with Crippen molar-refractivity contribution in [3.05, 3.63) is 58.7 Å². The van der Waals surface area contributed by atoms with Crippen LogP contribution in [0.5, 0.6) is 0 Å². The molecule has 2 N–H and O–H groups in total. The predicted octanol–water partition coefficient (Wildman–Crippen LogP) is 5.05. The normalized spacial score (nSPS) is 15.2. The lowest BCUT2D eigenvalue weighted by Crippen LogP contribution is -2.28. The molecule has 0 atom stereocenters. The number of hydrogen-bond donors (Lipinski definition) is 2. The average Bonchev–Trinajstić information content (AvgIpc) is 3.47. The third-order valence-corrected chi connectivity index (χ3v) is 7.88. The van der Waals surface area contributed by atoms with Crippen LogP contribution in [0.1, 0.15) is 12.8 Å². The largest absolute Gasteiger partial charge is 0.351 e. The molecule has 0 unspecified atom stereocenters. The fraction of sp³-hybridized carbons (Fsp3) is 0.190. The second kappa shape index (κ2) is 7.54. The summed E-state index contributed by atoms with van der Waals surface area (Å²) < 4.78 is 56.8. The molecule has 6 nitrogen and oxygen atoms in total. The van der Waals surface area contributed by atoms with E-state index >= 15 is 0 Å². The van der Waals surface area contributed by atoms with Crippen LogP contribution in [0.25, 0.3) is 33.7 Å². The summed E-state index contributed by atoms with van der Waals surface area (Å²) in [4.78, 5) is 10.6. The Balaban J connectivity index is 1.70. The van der Waals surface area contributed by atoms with Crippen molar-refractivity contribution in [2.75, 3.05) is 13.1 Å². The van der Waals surface area contributed by atoms with E-state index in [9.17, 15) is 17.2 Å². The van der Waals surface area contributed by atoms with Gasteiger partial charge in [-0.25, -0.2) is 22.2 Å². The van der Waals surface area contributed by atoms with Crippen molar-refractivity contribution in [1.82, 2.24) is 19.3 Å². The van der Waals surface area contributed by atoms with Crippen LogP contribution in [-0.4, -0.2) is 40.8 Å². The molecule has 0 saturated carbocycles. The fourth-order valence-corrected chi connectivity index (χ4v) is 6.13. The van der Waals surface area contributed by atoms with Gasteiger partial charge in [0.2, 0.25) is 10.0 Å². The topological polar surface area (TPSA) is 81.8 Å². The highest BCUT2D eigenvalue weighted by Crippen LogP contribution is 2.37. The molecule has 1 saturated heterocycles. The average molecular weight is 507 g/mol. The highest BCUT2D eigenvalue weighted by atomic mass is 79.9. The number of aromatic nitrogens is 3. The first-order valence-corrected chi connectivity index (χ1v) is 11.9. The molecule has 4 aromatic rings. The summed E-state index contributed by atoms with van der Waals surface area (Å²) >= 11 is 3.41. The number of hydrogen-bond acceptors (Lipinski definition) is 3. The van der Waals surface area contributed by atoms with Gasteiger partial charge in [-0.15, -0.1) is 0 Å². The van der Waals surface area contributed by atoms with Crippen molar-refractivity contribution < 1.29 is 17.2 Å². The number of aromatic amines is 2. The number of benzene rings is 2. The molecule has 0 aliphatic carbocycles. The van der Waals surface area contributed by atoms with Crippen molar-refractivity contribution in [1.29, 1.82) is 0 Å². The van der Waals surface area contributed by atoms with E-state index in [-0.39, 0.29) is 22.0 Å². The van der Waals surface area contributed by atoms with Gasteiger partial charge < -0.3 is 9.97 Å². The molecule has 160 valence electrons. The molecular weight excluding hydrogens is 490 g/mol. The zero-order valence-electron chi connectivity index (χ0n) is 16.1. The molecule has 2 aromatic carbocycles. The lowest BCUT2D eigenvalue weighted by atomic mass is 10.1. The zero-order chi connectivity index (χ0) is 21.8. The van der Waals surface area contributed by atoms with Crippen LogP contribution in [0.3, 0.4) is 0 Å². The Hall–Kier alpha value is -2.56. The molecular formula is C21H17BrF2N4O2S. The van der Waals surface area contributed by atoms with E-state index in [4.69, 9.17) is 0 Å². The third kappa shape index (κ3) is 3.48. The molecule has 0 radical (unpaired) electrons. The van der Waals surface area contributed by atoms with E-state index in [1.807, 2.05) is 6.07 Å². The van der Waals surface area contributed by atoms with Crippen LogP contribution in [0.4, 0.5) is 8.78 Å². The first-order chi connectivity index (χ1) is 14.8. The minimum Gasteiger partial charge on any atom is -0.351 e. The van der Waals surface area contributed by atoms with Crippen LogP contribution in [0, 0.1) is 11.6 Å². The van der Waals surface area contributed by atoms with Gasteiger partial charge in [-0.3, -0.25) is 0 Å². The Morgan fingerprint density at radius 1 is 1.06 bits per heavy atom. The molecule has 0 spiro atoms. The van der Waals surface area contributed by atoms with Crippen LogP contribution in [-0.2, 0) is 10.0 Å². The molecule has 5 rings (SSSR count). The van der Waals surface area contributed by atoms with E-state index in [1.165, 1.54) is 16.6 Å². The Labute approximate surface area is 185 Å². The van der Waals surface area contributed by atoms with Gasteiger partial charge in [0.1, 0.15) is 22.2 Å². The SMILES string of the molecule is O=S(=O)(c1c(-c2nc(-c3ccc(F)cc3F)c[nH]2)[nH]c2ccc(Br)cc12)N1CCCC1. The van der Waals surface area contributed by atoms with E-state index in [1.54, 1.807) is 12.1 Å². The Bertz CT molecular complexity index is 1410. The predicted molar refractivity (Wildman–Crippen MR) is 117 cm³/mol. The van der Waals surface area contributed by atoms with E-state index in [0.29, 0.717) is 29.7 Å². The molecule has 31 heavy (non-hydrogen) atoms. The van der Waals surface area contributed by atoms with Crippen LogP contribution in [0.15, 0.2) is 52.0 Å². The number of H-pyrrole nitrogens is 2. The lowest BCUT2D eigenvalue weighted by Gasteiger charge is -2.16. The Kier molecular flexibility index (Phi) is 4.95. The summed E-state index contributed by atoms with van der Waals surface area (Å²) in [7, 11) is -3.79. The van der Waals surface area contributed by atoms with E-state index in [2.05, 4.69) is 30.9 Å². The highest BCUT2D eigenvalue weighted by Gasteiger charge is 2.33. The Morgan fingerprint density at radius 2 is 1.84 bits per heavy atom. The summed E-state index contributed by atoms with van der Waals surface area (Å²) in [5.41, 5.74) is 1.30.